The highest BCUT2D eigenvalue weighted by Crippen LogP contribution is 2.17. The van der Waals surface area contributed by atoms with Crippen LogP contribution >= 0.6 is 0 Å². The van der Waals surface area contributed by atoms with Gasteiger partial charge in [-0.25, -0.2) is 4.68 Å². The molecule has 1 aromatic heterocycles. The van der Waals surface area contributed by atoms with Crippen molar-refractivity contribution in [3.8, 4) is 5.69 Å². The fourth-order valence-electron chi connectivity index (χ4n) is 2.32. The van der Waals surface area contributed by atoms with Crippen molar-refractivity contribution >= 4 is 5.91 Å². The highest BCUT2D eigenvalue weighted by Gasteiger charge is 2.17. The normalized spacial score (nSPS) is 13.7. The van der Waals surface area contributed by atoms with E-state index in [9.17, 15) is 4.79 Å². The van der Waals surface area contributed by atoms with E-state index in [2.05, 4.69) is 10.4 Å². The molecule has 118 valence electrons. The summed E-state index contributed by atoms with van der Waals surface area (Å²) in [5.74, 6) is -0.237. The molecule has 0 radical (unpaired) electrons. The Bertz CT molecular complexity index is 660. The van der Waals surface area contributed by atoms with Crippen LogP contribution in [0.5, 0.6) is 0 Å². The number of nitrogens with one attached hydrogen (secondary N) is 1. The summed E-state index contributed by atoms with van der Waals surface area (Å²) in [6.45, 7) is 8.14. The number of hydrogen-bond donors (Lipinski definition) is 2. The third kappa shape index (κ3) is 3.54. The van der Waals surface area contributed by atoms with Crippen LogP contribution in [0.25, 0.3) is 5.69 Å². The number of para-hydroxylation sites is 1. The Balaban J connectivity index is 2.19. The zero-order chi connectivity index (χ0) is 16.3. The quantitative estimate of drug-likeness (QED) is 0.888. The van der Waals surface area contributed by atoms with Crippen molar-refractivity contribution in [3.05, 3.63) is 47.3 Å². The third-order valence-corrected chi connectivity index (χ3v) is 3.88. The van der Waals surface area contributed by atoms with E-state index >= 15 is 0 Å². The van der Waals surface area contributed by atoms with Gasteiger partial charge in [0.15, 0.2) is 0 Å². The van der Waals surface area contributed by atoms with E-state index in [1.807, 2.05) is 62.7 Å². The Morgan fingerprint density at radius 2 is 2.00 bits per heavy atom. The molecule has 2 rings (SSSR count). The maximum atomic E-state index is 12.1. The van der Waals surface area contributed by atoms with Gasteiger partial charge in [-0.3, -0.25) is 4.79 Å². The molecule has 0 saturated heterocycles. The standard InChI is InChI=1S/C17H24N4O/c1-11-9-12(2)21(20-11)16-8-6-5-7-15(16)10-19-17(22)13(3)14(4)18/h5-9,13-14H,10,18H2,1-4H3,(H,19,22). The molecule has 1 heterocycles. The number of carbonyl (C=O) groups excluding carboxylic acids is 1. The lowest BCUT2D eigenvalue weighted by molar-refractivity contribution is -0.125. The summed E-state index contributed by atoms with van der Waals surface area (Å²) in [6.07, 6.45) is 0. The first-order valence-electron chi connectivity index (χ1n) is 7.55. The first kappa shape index (κ1) is 16.2. The Morgan fingerprint density at radius 3 is 2.59 bits per heavy atom. The van der Waals surface area contributed by atoms with E-state index in [0.29, 0.717) is 6.54 Å². The Labute approximate surface area is 131 Å². The molecule has 0 aliphatic rings. The maximum absolute atomic E-state index is 12.1. The molecular weight excluding hydrogens is 276 g/mol. The molecule has 3 N–H and O–H groups in total. The third-order valence-electron chi connectivity index (χ3n) is 3.88. The van der Waals surface area contributed by atoms with Crippen LogP contribution in [0.1, 0.15) is 30.8 Å². The summed E-state index contributed by atoms with van der Waals surface area (Å²) in [7, 11) is 0. The van der Waals surface area contributed by atoms with Gasteiger partial charge < -0.3 is 11.1 Å². The molecule has 5 nitrogen and oxygen atoms in total. The van der Waals surface area contributed by atoms with Crippen LogP contribution in [0.4, 0.5) is 0 Å². The van der Waals surface area contributed by atoms with Gasteiger partial charge in [0, 0.05) is 24.2 Å². The second-order valence-corrected chi connectivity index (χ2v) is 5.83. The van der Waals surface area contributed by atoms with Crippen molar-refractivity contribution in [2.24, 2.45) is 11.7 Å². The minimum atomic E-state index is -0.208. The molecular formula is C17H24N4O. The SMILES string of the molecule is Cc1cc(C)n(-c2ccccc2CNC(=O)C(C)C(C)N)n1. The second kappa shape index (κ2) is 6.75. The highest BCUT2D eigenvalue weighted by molar-refractivity contribution is 5.79. The fraction of sp³-hybridized carbons (Fsp3) is 0.412. The van der Waals surface area contributed by atoms with Crippen LogP contribution < -0.4 is 11.1 Å². The van der Waals surface area contributed by atoms with Crippen molar-refractivity contribution in [1.29, 1.82) is 0 Å². The molecule has 2 aromatic rings. The molecule has 1 amide bonds. The molecule has 0 aliphatic heterocycles. The van der Waals surface area contributed by atoms with E-state index in [-0.39, 0.29) is 17.9 Å². The van der Waals surface area contributed by atoms with Gasteiger partial charge in [-0.1, -0.05) is 25.1 Å². The van der Waals surface area contributed by atoms with Gasteiger partial charge in [0.2, 0.25) is 5.91 Å². The lowest BCUT2D eigenvalue weighted by Gasteiger charge is -2.17. The van der Waals surface area contributed by atoms with Crippen molar-refractivity contribution in [1.82, 2.24) is 15.1 Å². The topological polar surface area (TPSA) is 72.9 Å². The molecule has 2 atom stereocenters. The summed E-state index contributed by atoms with van der Waals surface area (Å²) in [5, 5.41) is 7.47. The lowest BCUT2D eigenvalue weighted by Crippen LogP contribution is -2.38. The molecule has 2 unspecified atom stereocenters. The number of nitrogens with two attached hydrogens (primary N) is 1. The first-order chi connectivity index (χ1) is 10.4. The van der Waals surface area contributed by atoms with Gasteiger partial charge in [0.05, 0.1) is 11.4 Å². The predicted molar refractivity (Wildman–Crippen MR) is 87.7 cm³/mol. The zero-order valence-corrected chi connectivity index (χ0v) is 13.6. The molecule has 0 bridgehead atoms. The largest absolute Gasteiger partial charge is 0.352 e. The average molecular weight is 300 g/mol. The summed E-state index contributed by atoms with van der Waals surface area (Å²) in [6, 6.07) is 9.82. The van der Waals surface area contributed by atoms with E-state index in [0.717, 1.165) is 22.6 Å². The molecule has 0 spiro atoms. The number of amides is 1. The van der Waals surface area contributed by atoms with E-state index in [4.69, 9.17) is 5.73 Å². The zero-order valence-electron chi connectivity index (χ0n) is 13.6. The van der Waals surface area contributed by atoms with Crippen LogP contribution in [0.2, 0.25) is 0 Å². The van der Waals surface area contributed by atoms with Crippen LogP contribution in [-0.2, 0) is 11.3 Å². The number of carbonyl (C=O) groups is 1. The lowest BCUT2D eigenvalue weighted by atomic mass is 10.0. The molecule has 22 heavy (non-hydrogen) atoms. The summed E-state index contributed by atoms with van der Waals surface area (Å²) < 4.78 is 1.91. The van der Waals surface area contributed by atoms with Crippen LogP contribution in [0, 0.1) is 19.8 Å². The fourth-order valence-corrected chi connectivity index (χ4v) is 2.32. The number of aromatic nitrogens is 2. The Morgan fingerprint density at radius 1 is 1.32 bits per heavy atom. The molecule has 1 aromatic carbocycles. The van der Waals surface area contributed by atoms with Crippen molar-refractivity contribution in [3.63, 3.8) is 0 Å². The second-order valence-electron chi connectivity index (χ2n) is 5.83. The van der Waals surface area contributed by atoms with Crippen LogP contribution in [-0.4, -0.2) is 21.7 Å². The molecule has 0 fully saturated rings. The van der Waals surface area contributed by atoms with E-state index in [1.165, 1.54) is 0 Å². The van der Waals surface area contributed by atoms with Gasteiger partial charge in [0.25, 0.3) is 0 Å². The van der Waals surface area contributed by atoms with Crippen molar-refractivity contribution in [2.45, 2.75) is 40.3 Å². The number of nitrogens with zero attached hydrogens (tertiary/aromatic N) is 2. The number of benzene rings is 1. The van der Waals surface area contributed by atoms with Gasteiger partial charge in [-0.15, -0.1) is 0 Å². The van der Waals surface area contributed by atoms with E-state index < -0.39 is 0 Å². The van der Waals surface area contributed by atoms with Gasteiger partial charge in [-0.2, -0.15) is 5.10 Å². The minimum Gasteiger partial charge on any atom is -0.352 e. The van der Waals surface area contributed by atoms with Crippen LogP contribution in [0.3, 0.4) is 0 Å². The highest BCUT2D eigenvalue weighted by atomic mass is 16.1. The number of rotatable bonds is 5. The summed E-state index contributed by atoms with van der Waals surface area (Å²) in [5.41, 5.74) is 9.83. The Hall–Kier alpha value is -2.14. The molecule has 5 heteroatoms. The van der Waals surface area contributed by atoms with Gasteiger partial charge >= 0.3 is 0 Å². The summed E-state index contributed by atoms with van der Waals surface area (Å²) >= 11 is 0. The van der Waals surface area contributed by atoms with Gasteiger partial charge in [0.1, 0.15) is 0 Å². The number of hydrogen-bond acceptors (Lipinski definition) is 3. The molecule has 0 aliphatic carbocycles. The van der Waals surface area contributed by atoms with Gasteiger partial charge in [-0.05, 0) is 38.5 Å². The van der Waals surface area contributed by atoms with Crippen molar-refractivity contribution < 1.29 is 4.79 Å². The Kier molecular flexibility index (Phi) is 4.98. The van der Waals surface area contributed by atoms with Crippen molar-refractivity contribution in [2.75, 3.05) is 0 Å². The molecule has 0 saturated carbocycles. The van der Waals surface area contributed by atoms with E-state index in [1.54, 1.807) is 0 Å². The monoisotopic (exact) mass is 300 g/mol. The smallest absolute Gasteiger partial charge is 0.224 e. The predicted octanol–water partition coefficient (Wildman–Crippen LogP) is 2.09. The number of aryl methyl sites for hydroxylation is 2. The maximum Gasteiger partial charge on any atom is 0.224 e. The minimum absolute atomic E-state index is 0.0295. The summed E-state index contributed by atoms with van der Waals surface area (Å²) in [4.78, 5) is 12.1. The van der Waals surface area contributed by atoms with Crippen LogP contribution in [0.15, 0.2) is 30.3 Å². The average Bonchev–Trinajstić information content (AvgIpc) is 2.82. The first-order valence-corrected chi connectivity index (χ1v) is 7.55.